The highest BCUT2D eigenvalue weighted by atomic mass is 16.7. The van der Waals surface area contributed by atoms with Gasteiger partial charge in [-0.25, -0.2) is 4.79 Å². The molecule has 1 fully saturated rings. The second-order valence-corrected chi connectivity index (χ2v) is 27.8. The Morgan fingerprint density at radius 3 is 1.11 bits per heavy atom. The Hall–Kier alpha value is -4.36. The van der Waals surface area contributed by atoms with Gasteiger partial charge in [-0.2, -0.15) is 0 Å². The van der Waals surface area contributed by atoms with Crippen molar-refractivity contribution in [3.05, 3.63) is 0 Å². The Morgan fingerprint density at radius 1 is 0.443 bits per heavy atom. The third kappa shape index (κ3) is 49.8. The molecule has 97 heavy (non-hydrogen) atoms. The van der Waals surface area contributed by atoms with Crippen LogP contribution in [0.5, 0.6) is 0 Å². The minimum Gasteiger partial charge on any atom is -0.480 e. The maximum Gasteiger partial charge on any atom is 0.328 e. The summed E-state index contributed by atoms with van der Waals surface area (Å²) in [5.41, 5.74) is 0. The van der Waals surface area contributed by atoms with Crippen LogP contribution in [0.3, 0.4) is 0 Å². The molecule has 4 N–H and O–H groups in total. The van der Waals surface area contributed by atoms with Crippen molar-refractivity contribution in [1.29, 1.82) is 0 Å². The van der Waals surface area contributed by atoms with Crippen LogP contribution in [0.2, 0.25) is 0 Å². The van der Waals surface area contributed by atoms with Gasteiger partial charge in [0.1, 0.15) is 30.5 Å². The number of esters is 4. The maximum atomic E-state index is 14.8. The monoisotopic (exact) mass is 1380 g/mol. The first-order valence-electron chi connectivity index (χ1n) is 39.8. The number of carbonyl (C=O) groups excluding carboxylic acids is 7. The largest absolute Gasteiger partial charge is 0.480 e. The molecule has 0 bridgehead atoms. The molecule has 0 spiro atoms. The standard InChI is InChI=1S/C78H142N2O17/c1-7-13-19-24-29-32-37-40-46-51-64(93-73(86)55-49-43-35-27-22-16-10-4)57-70(83)79-67(77(89)90)62-92-78(80-71(84)58-65(52-47-41-38-33-30-25-20-14-8-2)94-74(87)56-50-44-36-28-23-17-11-5)60-68(76(91-63-82)69(61-81)97-78)96-75(88)59-66(95-72(85)54-45-18-12-6)53-48-42-39-34-31-26-21-15-9-3/h63-69,76,81H,7-62H2,1-6H3,(H,79,83)(H,80,84)(H,89,90). The molecule has 0 aliphatic carbocycles. The molecule has 1 heterocycles. The molecule has 0 aromatic rings. The first-order chi connectivity index (χ1) is 47.1. The van der Waals surface area contributed by atoms with Gasteiger partial charge in [0, 0.05) is 19.3 Å². The lowest BCUT2D eigenvalue weighted by Crippen LogP contribution is -2.66. The van der Waals surface area contributed by atoms with Gasteiger partial charge in [-0.1, -0.05) is 286 Å². The summed E-state index contributed by atoms with van der Waals surface area (Å²) < 4.78 is 42.3. The van der Waals surface area contributed by atoms with Crippen molar-refractivity contribution >= 4 is 48.1 Å². The first kappa shape index (κ1) is 90.7. The van der Waals surface area contributed by atoms with Crippen molar-refractivity contribution in [3.8, 4) is 0 Å². The smallest absolute Gasteiger partial charge is 0.328 e. The summed E-state index contributed by atoms with van der Waals surface area (Å²) in [4.78, 5) is 109. The summed E-state index contributed by atoms with van der Waals surface area (Å²) in [7, 11) is 0. The number of ether oxygens (including phenoxy) is 7. The quantitative estimate of drug-likeness (QED) is 0.0145. The molecule has 19 nitrogen and oxygen atoms in total. The van der Waals surface area contributed by atoms with E-state index in [-0.39, 0.29) is 45.0 Å². The molecular weight excluding hydrogens is 1240 g/mol. The summed E-state index contributed by atoms with van der Waals surface area (Å²) in [6.07, 6.45) is 37.7. The van der Waals surface area contributed by atoms with E-state index >= 15 is 0 Å². The van der Waals surface area contributed by atoms with Crippen LogP contribution in [0.15, 0.2) is 0 Å². The Kier molecular flexibility index (Phi) is 58.5. The van der Waals surface area contributed by atoms with Gasteiger partial charge < -0.3 is 54.0 Å². The Balaban J connectivity index is 3.74. The predicted octanol–water partition coefficient (Wildman–Crippen LogP) is 18.1. The lowest BCUT2D eigenvalue weighted by Gasteiger charge is -2.46. The van der Waals surface area contributed by atoms with Crippen LogP contribution in [-0.2, 0) is 71.5 Å². The highest BCUT2D eigenvalue weighted by Crippen LogP contribution is 2.34. The highest BCUT2D eigenvalue weighted by Gasteiger charge is 2.53. The van der Waals surface area contributed by atoms with Crippen LogP contribution in [0.1, 0.15) is 388 Å². The number of aliphatic hydroxyl groups is 1. The van der Waals surface area contributed by atoms with E-state index in [0.29, 0.717) is 57.8 Å². The van der Waals surface area contributed by atoms with Crippen molar-refractivity contribution in [1.82, 2.24) is 10.6 Å². The Morgan fingerprint density at radius 2 is 0.763 bits per heavy atom. The van der Waals surface area contributed by atoms with E-state index in [1.165, 1.54) is 77.0 Å². The first-order valence-corrected chi connectivity index (χ1v) is 39.8. The molecule has 0 aromatic carbocycles. The van der Waals surface area contributed by atoms with Gasteiger partial charge in [0.05, 0.1) is 38.9 Å². The van der Waals surface area contributed by atoms with Gasteiger partial charge in [-0.15, -0.1) is 0 Å². The molecule has 1 aliphatic rings. The van der Waals surface area contributed by atoms with Gasteiger partial charge >= 0.3 is 29.8 Å². The van der Waals surface area contributed by atoms with Crippen molar-refractivity contribution in [2.45, 2.75) is 437 Å². The van der Waals surface area contributed by atoms with Crippen molar-refractivity contribution in [2.24, 2.45) is 0 Å². The SMILES string of the molecule is CCCCCCCCCCCC(CC(=O)NC(COC1(NC(=O)CC(CCCCCCCCCCC)OC(=O)CCCCCCCCC)CC(OC(=O)CC(CCCCCCCCCCC)OC(=O)CCCCC)C(OC=O)C(CO)O1)C(=O)O)OC(=O)CCCCCCCCC. The number of hydrogen-bond donors (Lipinski definition) is 4. The van der Waals surface area contributed by atoms with E-state index in [1.54, 1.807) is 0 Å². The Bertz CT molecular complexity index is 1990. The molecule has 19 heteroatoms. The molecule has 1 saturated heterocycles. The fraction of sp³-hybridized carbons (Fsp3) is 0.897. The van der Waals surface area contributed by atoms with Crippen LogP contribution < -0.4 is 10.6 Å². The third-order valence-electron chi connectivity index (χ3n) is 18.6. The van der Waals surface area contributed by atoms with E-state index < -0.39 is 110 Å². The molecule has 0 saturated carbocycles. The molecular formula is C78H142N2O17. The second kappa shape index (κ2) is 62.6. The molecule has 1 rings (SSSR count). The molecule has 0 radical (unpaired) electrons. The zero-order chi connectivity index (χ0) is 71.3. The average Bonchev–Trinajstić information content (AvgIpc) is 0.782. The van der Waals surface area contributed by atoms with E-state index in [2.05, 4.69) is 45.3 Å². The number of carboxylic acid groups (broad SMARTS) is 1. The average molecular weight is 1380 g/mol. The number of hydrogen-bond acceptors (Lipinski definition) is 16. The van der Waals surface area contributed by atoms with Gasteiger partial charge in [-0.3, -0.25) is 33.6 Å². The van der Waals surface area contributed by atoms with Crippen LogP contribution in [0, 0.1) is 0 Å². The van der Waals surface area contributed by atoms with E-state index in [9.17, 15) is 48.6 Å². The summed E-state index contributed by atoms with van der Waals surface area (Å²) in [5.74, 6) is -7.60. The molecule has 8 unspecified atom stereocenters. The lowest BCUT2D eigenvalue weighted by atomic mass is 9.98. The van der Waals surface area contributed by atoms with Crippen LogP contribution >= 0.6 is 0 Å². The topological polar surface area (TPSA) is 266 Å². The minimum absolute atomic E-state index is 0.109. The van der Waals surface area contributed by atoms with Gasteiger partial charge in [0.15, 0.2) is 12.1 Å². The van der Waals surface area contributed by atoms with E-state index in [4.69, 9.17) is 33.2 Å². The van der Waals surface area contributed by atoms with Gasteiger partial charge in [0.25, 0.3) is 12.4 Å². The zero-order valence-corrected chi connectivity index (χ0v) is 62.2. The minimum atomic E-state index is -2.44. The molecule has 8 atom stereocenters. The summed E-state index contributed by atoms with van der Waals surface area (Å²) in [5, 5.41) is 27.1. The van der Waals surface area contributed by atoms with Gasteiger partial charge in [0.2, 0.25) is 11.8 Å². The van der Waals surface area contributed by atoms with Crippen molar-refractivity contribution in [3.63, 3.8) is 0 Å². The van der Waals surface area contributed by atoms with Crippen LogP contribution in [0.4, 0.5) is 0 Å². The maximum absolute atomic E-state index is 14.8. The summed E-state index contributed by atoms with van der Waals surface area (Å²) in [6, 6.07) is -1.79. The highest BCUT2D eigenvalue weighted by molar-refractivity contribution is 5.84. The lowest BCUT2D eigenvalue weighted by molar-refractivity contribution is -0.335. The second-order valence-electron chi connectivity index (χ2n) is 27.8. The number of aliphatic hydroxyl groups excluding tert-OH is 1. The number of carbonyl (C=O) groups is 8. The third-order valence-corrected chi connectivity index (χ3v) is 18.6. The Labute approximate surface area is 588 Å². The van der Waals surface area contributed by atoms with Crippen LogP contribution in [0.25, 0.3) is 0 Å². The molecule has 1 aliphatic heterocycles. The number of nitrogens with one attached hydrogen (secondary N) is 2. The van der Waals surface area contributed by atoms with Gasteiger partial charge in [-0.05, 0) is 57.8 Å². The van der Waals surface area contributed by atoms with Crippen molar-refractivity contribution in [2.75, 3.05) is 13.2 Å². The summed E-state index contributed by atoms with van der Waals surface area (Å²) >= 11 is 0. The number of rotatable bonds is 69. The zero-order valence-electron chi connectivity index (χ0n) is 62.2. The van der Waals surface area contributed by atoms with Crippen LogP contribution in [-0.4, -0.2) is 120 Å². The molecule has 2 amide bonds. The van der Waals surface area contributed by atoms with Crippen molar-refractivity contribution < 1.29 is 81.7 Å². The molecule has 566 valence electrons. The fourth-order valence-electron chi connectivity index (χ4n) is 12.8. The van der Waals surface area contributed by atoms with E-state index in [0.717, 1.165) is 167 Å². The predicted molar refractivity (Wildman–Crippen MR) is 382 cm³/mol. The number of unbranched alkanes of at least 4 members (excludes halogenated alkanes) is 38. The van der Waals surface area contributed by atoms with E-state index in [1.807, 2.05) is 6.92 Å². The number of carboxylic acids is 1. The number of aliphatic carboxylic acids is 1. The molecule has 0 aromatic heterocycles. The normalized spacial score (nSPS) is 17.3. The number of amides is 2. The summed E-state index contributed by atoms with van der Waals surface area (Å²) in [6.45, 7) is 11.3. The fourth-order valence-corrected chi connectivity index (χ4v) is 12.8.